The Morgan fingerprint density at radius 3 is 2.11 bits per heavy atom. The van der Waals surface area contributed by atoms with Gasteiger partial charge in [0.1, 0.15) is 5.82 Å². The third-order valence-electron chi connectivity index (χ3n) is 4.58. The van der Waals surface area contributed by atoms with Gasteiger partial charge in [-0.2, -0.15) is 17.5 Å². The predicted molar refractivity (Wildman–Crippen MR) is 87.6 cm³/mol. The smallest absolute Gasteiger partial charge is 0.373 e. The summed E-state index contributed by atoms with van der Waals surface area (Å²) in [6.45, 7) is 2.61. The highest BCUT2D eigenvalue weighted by Gasteiger charge is 2.58. The van der Waals surface area contributed by atoms with E-state index in [0.717, 1.165) is 33.5 Å². The molecule has 1 aliphatic rings. The number of sulfonamides is 1. The van der Waals surface area contributed by atoms with Crippen LogP contribution in [0, 0.1) is 5.82 Å². The molecule has 1 unspecified atom stereocenters. The van der Waals surface area contributed by atoms with E-state index in [1.54, 1.807) is 0 Å². The van der Waals surface area contributed by atoms with Crippen LogP contribution in [-0.2, 0) is 14.8 Å². The lowest BCUT2D eigenvalue weighted by Crippen LogP contribution is -2.65. The highest BCUT2D eigenvalue weighted by molar-refractivity contribution is 7.89. The zero-order chi connectivity index (χ0) is 20.8. The molecule has 0 spiro atoms. The van der Waals surface area contributed by atoms with Crippen molar-refractivity contribution in [2.75, 3.05) is 13.1 Å². The maximum atomic E-state index is 13.0. The molecule has 11 heteroatoms. The fourth-order valence-electron chi connectivity index (χ4n) is 2.86. The maximum absolute atomic E-state index is 13.0. The number of carbonyl (C=O) groups is 1. The van der Waals surface area contributed by atoms with Crippen molar-refractivity contribution in [3.05, 3.63) is 30.1 Å². The zero-order valence-electron chi connectivity index (χ0n) is 14.9. The Labute approximate surface area is 154 Å². The number of carbonyl (C=O) groups excluding carboxylic acids is 1. The number of aliphatic hydroxyl groups is 1. The van der Waals surface area contributed by atoms with Crippen LogP contribution in [0.5, 0.6) is 0 Å². The van der Waals surface area contributed by atoms with E-state index >= 15 is 0 Å². The van der Waals surface area contributed by atoms with Crippen molar-refractivity contribution in [3.8, 4) is 0 Å². The second kappa shape index (κ2) is 7.02. The van der Waals surface area contributed by atoms with Crippen LogP contribution in [0.4, 0.5) is 17.6 Å². The van der Waals surface area contributed by atoms with Crippen LogP contribution in [0.25, 0.3) is 0 Å². The monoisotopic (exact) mass is 412 g/mol. The normalized spacial score (nSPS) is 24.5. The molecule has 0 aliphatic carbocycles. The van der Waals surface area contributed by atoms with E-state index in [4.69, 9.17) is 0 Å². The molecule has 1 saturated heterocycles. The molecule has 1 aromatic rings. The molecule has 152 valence electrons. The van der Waals surface area contributed by atoms with Crippen molar-refractivity contribution < 1.29 is 35.9 Å². The van der Waals surface area contributed by atoms with Crippen LogP contribution in [0.15, 0.2) is 29.2 Å². The minimum atomic E-state index is -5.16. The molecule has 1 aliphatic heterocycles. The molecule has 0 aromatic heterocycles. The summed E-state index contributed by atoms with van der Waals surface area (Å²) in [5.41, 5.74) is -3.57. The van der Waals surface area contributed by atoms with E-state index in [2.05, 4.69) is 0 Å². The van der Waals surface area contributed by atoms with Crippen molar-refractivity contribution in [3.63, 3.8) is 0 Å². The number of benzene rings is 1. The fraction of sp³-hybridized carbons (Fsp3) is 0.562. The molecule has 1 fully saturated rings. The molecular weight excluding hydrogens is 392 g/mol. The Balaban J connectivity index is 2.27. The zero-order valence-corrected chi connectivity index (χ0v) is 15.7. The van der Waals surface area contributed by atoms with Crippen molar-refractivity contribution in [1.82, 2.24) is 9.21 Å². The topological polar surface area (TPSA) is 77.9 Å². The number of hydrogen-bond acceptors (Lipinski definition) is 4. The predicted octanol–water partition coefficient (Wildman–Crippen LogP) is 1.75. The first kappa shape index (κ1) is 21.6. The maximum Gasteiger partial charge on any atom is 0.426 e. The molecule has 3 atom stereocenters. The van der Waals surface area contributed by atoms with E-state index in [9.17, 15) is 35.9 Å². The number of halogens is 4. The SMILES string of the molecule is C[C@@H]1CN(S(=O)(=O)c2ccc(F)cc2)[C@H](C)CN1C(=O)C(C)(O)C(F)(F)F. The van der Waals surface area contributed by atoms with Gasteiger partial charge in [-0.1, -0.05) is 0 Å². The van der Waals surface area contributed by atoms with Crippen LogP contribution in [-0.4, -0.2) is 65.6 Å². The summed E-state index contributed by atoms with van der Waals surface area (Å²) in [6, 6.07) is 2.41. The Bertz CT molecular complexity index is 809. The van der Waals surface area contributed by atoms with Crippen molar-refractivity contribution in [2.45, 2.75) is 49.5 Å². The Hall–Kier alpha value is -1.72. The van der Waals surface area contributed by atoms with Gasteiger partial charge in [-0.25, -0.2) is 12.8 Å². The highest BCUT2D eigenvalue weighted by atomic mass is 32.2. The van der Waals surface area contributed by atoms with Gasteiger partial charge in [0.05, 0.1) is 4.90 Å². The second-order valence-corrected chi connectivity index (χ2v) is 8.64. The largest absolute Gasteiger partial charge is 0.426 e. The molecule has 1 amide bonds. The van der Waals surface area contributed by atoms with Gasteiger partial charge in [-0.3, -0.25) is 4.79 Å². The van der Waals surface area contributed by atoms with Gasteiger partial charge < -0.3 is 10.0 Å². The van der Waals surface area contributed by atoms with E-state index in [-0.39, 0.29) is 18.0 Å². The summed E-state index contributed by atoms with van der Waals surface area (Å²) in [5, 5.41) is 9.62. The molecular formula is C16H20F4N2O4S. The van der Waals surface area contributed by atoms with E-state index in [1.165, 1.54) is 13.8 Å². The van der Waals surface area contributed by atoms with Crippen molar-refractivity contribution in [2.24, 2.45) is 0 Å². The molecule has 1 N–H and O–H groups in total. The fourth-order valence-corrected chi connectivity index (χ4v) is 4.56. The Morgan fingerprint density at radius 1 is 1.11 bits per heavy atom. The van der Waals surface area contributed by atoms with E-state index in [0.29, 0.717) is 6.92 Å². The van der Waals surface area contributed by atoms with Crippen molar-refractivity contribution >= 4 is 15.9 Å². The van der Waals surface area contributed by atoms with Crippen molar-refractivity contribution in [1.29, 1.82) is 0 Å². The summed E-state index contributed by atoms with van der Waals surface area (Å²) in [6.07, 6.45) is -5.16. The molecule has 1 heterocycles. The van der Waals surface area contributed by atoms with Gasteiger partial charge in [0.15, 0.2) is 0 Å². The summed E-state index contributed by atoms with van der Waals surface area (Å²) in [5.74, 6) is -2.15. The number of nitrogens with zero attached hydrogens (tertiary/aromatic N) is 2. The highest BCUT2D eigenvalue weighted by Crippen LogP contribution is 2.33. The van der Waals surface area contributed by atoms with Crippen LogP contribution in [0.3, 0.4) is 0 Å². The van der Waals surface area contributed by atoms with Crippen LogP contribution in [0.2, 0.25) is 0 Å². The van der Waals surface area contributed by atoms with Gasteiger partial charge in [0.25, 0.3) is 5.91 Å². The van der Waals surface area contributed by atoms with Gasteiger partial charge in [0.2, 0.25) is 15.6 Å². The average molecular weight is 412 g/mol. The van der Waals surface area contributed by atoms with Crippen LogP contribution >= 0.6 is 0 Å². The molecule has 27 heavy (non-hydrogen) atoms. The summed E-state index contributed by atoms with van der Waals surface area (Å²) in [7, 11) is -4.03. The summed E-state index contributed by atoms with van der Waals surface area (Å²) >= 11 is 0. The lowest BCUT2D eigenvalue weighted by Gasteiger charge is -2.45. The summed E-state index contributed by atoms with van der Waals surface area (Å²) < 4.78 is 78.4. The third-order valence-corrected chi connectivity index (χ3v) is 6.57. The number of rotatable bonds is 3. The van der Waals surface area contributed by atoms with Gasteiger partial charge >= 0.3 is 6.18 Å². The second-order valence-electron chi connectivity index (χ2n) is 6.75. The average Bonchev–Trinajstić information content (AvgIpc) is 2.55. The lowest BCUT2D eigenvalue weighted by atomic mass is 10.0. The molecule has 1 aromatic carbocycles. The molecule has 0 radical (unpaired) electrons. The molecule has 0 saturated carbocycles. The van der Waals surface area contributed by atoms with Gasteiger partial charge in [0, 0.05) is 25.2 Å². The standard InChI is InChI=1S/C16H20F4N2O4S/c1-10-9-22(27(25,26)13-6-4-12(17)5-7-13)11(2)8-21(10)14(23)15(3,24)16(18,19)20/h4-7,10-11,24H,8-9H2,1-3H3/t10-,11-,15?/m1/s1. The minimum Gasteiger partial charge on any atom is -0.373 e. The van der Waals surface area contributed by atoms with Crippen LogP contribution in [0.1, 0.15) is 20.8 Å². The molecule has 2 rings (SSSR count). The van der Waals surface area contributed by atoms with Gasteiger partial charge in [-0.05, 0) is 45.0 Å². The number of piperazine rings is 1. The molecule has 0 bridgehead atoms. The Kier molecular flexibility index (Phi) is 5.61. The number of amides is 1. The van der Waals surface area contributed by atoms with Gasteiger partial charge in [-0.15, -0.1) is 0 Å². The number of hydrogen-bond donors (Lipinski definition) is 1. The Morgan fingerprint density at radius 2 is 1.63 bits per heavy atom. The van der Waals surface area contributed by atoms with E-state index < -0.39 is 45.6 Å². The summed E-state index contributed by atoms with van der Waals surface area (Å²) in [4.78, 5) is 12.9. The van der Waals surface area contributed by atoms with E-state index in [1.807, 2.05) is 0 Å². The number of alkyl halides is 3. The lowest BCUT2D eigenvalue weighted by molar-refractivity contribution is -0.251. The minimum absolute atomic E-state index is 0.162. The quantitative estimate of drug-likeness (QED) is 0.768. The van der Waals surface area contributed by atoms with Crippen LogP contribution < -0.4 is 0 Å². The first-order valence-electron chi connectivity index (χ1n) is 8.07. The molecule has 6 nitrogen and oxygen atoms in total. The first-order valence-corrected chi connectivity index (χ1v) is 9.51. The first-order chi connectivity index (χ1) is 12.2. The third kappa shape index (κ3) is 3.94.